The molecular formula is C20H16N2O2. The molecule has 0 spiro atoms. The minimum atomic E-state index is 0.447. The summed E-state index contributed by atoms with van der Waals surface area (Å²) >= 11 is 0. The van der Waals surface area contributed by atoms with Gasteiger partial charge in [0, 0.05) is 17.3 Å². The van der Waals surface area contributed by atoms with Gasteiger partial charge < -0.3 is 9.47 Å². The second-order valence-electron chi connectivity index (χ2n) is 5.16. The molecule has 24 heavy (non-hydrogen) atoms. The molecule has 0 saturated heterocycles. The lowest BCUT2D eigenvalue weighted by molar-refractivity contribution is 0.307. The highest BCUT2D eigenvalue weighted by Gasteiger charge is 2.13. The molecule has 4 heteroatoms. The van der Waals surface area contributed by atoms with Gasteiger partial charge >= 0.3 is 0 Å². The highest BCUT2D eigenvalue weighted by Crippen LogP contribution is 2.36. The summed E-state index contributed by atoms with van der Waals surface area (Å²) in [5.74, 6) is 1.18. The maximum Gasteiger partial charge on any atom is 0.221 e. The number of pyridine rings is 1. The molecule has 2 aromatic carbocycles. The summed E-state index contributed by atoms with van der Waals surface area (Å²) in [7, 11) is 1.57. The van der Waals surface area contributed by atoms with Crippen LogP contribution in [-0.2, 0) is 6.61 Å². The van der Waals surface area contributed by atoms with Gasteiger partial charge in [0.15, 0.2) is 0 Å². The van der Waals surface area contributed by atoms with Crippen LogP contribution >= 0.6 is 0 Å². The number of nitriles is 1. The first-order chi connectivity index (χ1) is 11.8. The molecule has 0 atom stereocenters. The molecule has 0 amide bonds. The number of nitrogens with zero attached hydrogens (tertiary/aromatic N) is 2. The second kappa shape index (κ2) is 7.30. The summed E-state index contributed by atoms with van der Waals surface area (Å²) in [6.45, 7) is 0.447. The van der Waals surface area contributed by atoms with E-state index in [0.29, 0.717) is 23.8 Å². The number of methoxy groups -OCH3 is 1. The first-order valence-corrected chi connectivity index (χ1v) is 7.52. The summed E-state index contributed by atoms with van der Waals surface area (Å²) in [6.07, 6.45) is 1.67. The van der Waals surface area contributed by atoms with E-state index in [2.05, 4.69) is 11.1 Å². The standard InChI is InChI=1S/C20H16N2O2/c1-23-20-17(8-5-11-22-20)18-12-16(13-21)9-10-19(18)24-14-15-6-3-2-4-7-15/h2-12H,14H2,1H3. The monoisotopic (exact) mass is 316 g/mol. The highest BCUT2D eigenvalue weighted by atomic mass is 16.5. The van der Waals surface area contributed by atoms with Crippen LogP contribution in [-0.4, -0.2) is 12.1 Å². The van der Waals surface area contributed by atoms with Gasteiger partial charge in [0.05, 0.1) is 18.7 Å². The van der Waals surface area contributed by atoms with Crippen LogP contribution in [0.1, 0.15) is 11.1 Å². The molecule has 0 aliphatic carbocycles. The maximum atomic E-state index is 9.20. The zero-order valence-corrected chi connectivity index (χ0v) is 13.3. The predicted octanol–water partition coefficient (Wildman–Crippen LogP) is 4.21. The number of benzene rings is 2. The third-order valence-corrected chi connectivity index (χ3v) is 3.60. The van der Waals surface area contributed by atoms with Crippen LogP contribution in [0.2, 0.25) is 0 Å². The van der Waals surface area contributed by atoms with E-state index < -0.39 is 0 Å². The van der Waals surface area contributed by atoms with Crippen molar-refractivity contribution in [2.45, 2.75) is 6.61 Å². The average Bonchev–Trinajstić information content (AvgIpc) is 2.67. The Kier molecular flexibility index (Phi) is 4.73. The highest BCUT2D eigenvalue weighted by molar-refractivity contribution is 5.75. The Morgan fingerprint density at radius 2 is 1.83 bits per heavy atom. The van der Waals surface area contributed by atoms with Crippen LogP contribution in [0.5, 0.6) is 11.6 Å². The van der Waals surface area contributed by atoms with Gasteiger partial charge in [0.25, 0.3) is 0 Å². The fourth-order valence-electron chi connectivity index (χ4n) is 2.43. The molecule has 0 bridgehead atoms. The van der Waals surface area contributed by atoms with Crippen molar-refractivity contribution in [3.8, 4) is 28.8 Å². The minimum Gasteiger partial charge on any atom is -0.488 e. The fourth-order valence-corrected chi connectivity index (χ4v) is 2.43. The molecule has 3 rings (SSSR count). The number of hydrogen-bond donors (Lipinski definition) is 0. The van der Waals surface area contributed by atoms with E-state index in [4.69, 9.17) is 9.47 Å². The quantitative estimate of drug-likeness (QED) is 0.707. The summed E-state index contributed by atoms with van der Waals surface area (Å²) in [4.78, 5) is 4.23. The van der Waals surface area contributed by atoms with E-state index in [-0.39, 0.29) is 0 Å². The van der Waals surface area contributed by atoms with Crippen LogP contribution in [0.25, 0.3) is 11.1 Å². The van der Waals surface area contributed by atoms with E-state index in [1.807, 2.05) is 48.5 Å². The van der Waals surface area contributed by atoms with Gasteiger partial charge in [-0.1, -0.05) is 30.3 Å². The molecule has 118 valence electrons. The Morgan fingerprint density at radius 3 is 2.58 bits per heavy atom. The first-order valence-electron chi connectivity index (χ1n) is 7.52. The molecule has 0 radical (unpaired) electrons. The Bertz CT molecular complexity index is 870. The average molecular weight is 316 g/mol. The Balaban J connectivity index is 1.99. The van der Waals surface area contributed by atoms with E-state index in [1.54, 1.807) is 25.4 Å². The Hall–Kier alpha value is -3.32. The largest absolute Gasteiger partial charge is 0.488 e. The van der Waals surface area contributed by atoms with Crippen LogP contribution in [0.4, 0.5) is 0 Å². The molecule has 3 aromatic rings. The summed E-state index contributed by atoms with van der Waals surface area (Å²) in [5, 5.41) is 9.20. The number of aromatic nitrogens is 1. The number of rotatable bonds is 5. The van der Waals surface area contributed by atoms with Gasteiger partial charge in [-0.3, -0.25) is 0 Å². The minimum absolute atomic E-state index is 0.447. The Morgan fingerprint density at radius 1 is 1.00 bits per heavy atom. The van der Waals surface area contributed by atoms with Gasteiger partial charge in [0.1, 0.15) is 12.4 Å². The third kappa shape index (κ3) is 3.36. The van der Waals surface area contributed by atoms with E-state index in [9.17, 15) is 5.26 Å². The molecule has 1 heterocycles. The molecule has 4 nitrogen and oxygen atoms in total. The molecular weight excluding hydrogens is 300 g/mol. The van der Waals surface area contributed by atoms with Crippen LogP contribution in [0.15, 0.2) is 66.9 Å². The number of hydrogen-bond acceptors (Lipinski definition) is 4. The maximum absolute atomic E-state index is 9.20. The molecule has 0 fully saturated rings. The predicted molar refractivity (Wildman–Crippen MR) is 91.7 cm³/mol. The lowest BCUT2D eigenvalue weighted by Gasteiger charge is -2.14. The van der Waals surface area contributed by atoms with Crippen molar-refractivity contribution in [1.29, 1.82) is 5.26 Å². The summed E-state index contributed by atoms with van der Waals surface area (Å²) in [5.41, 5.74) is 3.21. The molecule has 1 aromatic heterocycles. The number of ether oxygens (including phenoxy) is 2. The molecule has 0 aliphatic rings. The zero-order valence-electron chi connectivity index (χ0n) is 13.3. The van der Waals surface area contributed by atoms with Crippen molar-refractivity contribution in [1.82, 2.24) is 4.98 Å². The summed E-state index contributed by atoms with van der Waals surface area (Å²) < 4.78 is 11.3. The van der Waals surface area contributed by atoms with Crippen molar-refractivity contribution in [3.05, 3.63) is 78.0 Å². The second-order valence-corrected chi connectivity index (χ2v) is 5.16. The summed E-state index contributed by atoms with van der Waals surface area (Å²) in [6, 6.07) is 21.2. The van der Waals surface area contributed by atoms with E-state index in [1.165, 1.54) is 0 Å². The van der Waals surface area contributed by atoms with Gasteiger partial charge in [0.2, 0.25) is 5.88 Å². The Labute approximate surface area is 140 Å². The normalized spacial score (nSPS) is 10.0. The molecule has 0 N–H and O–H groups in total. The smallest absolute Gasteiger partial charge is 0.221 e. The van der Waals surface area contributed by atoms with E-state index >= 15 is 0 Å². The SMILES string of the molecule is COc1ncccc1-c1cc(C#N)ccc1OCc1ccccc1. The lowest BCUT2D eigenvalue weighted by Crippen LogP contribution is -1.98. The zero-order chi connectivity index (χ0) is 16.8. The van der Waals surface area contributed by atoms with Gasteiger partial charge in [-0.2, -0.15) is 5.26 Å². The molecule has 0 aliphatic heterocycles. The van der Waals surface area contributed by atoms with Gasteiger partial charge in [-0.25, -0.2) is 4.98 Å². The molecule has 0 saturated carbocycles. The van der Waals surface area contributed by atoms with Crippen LogP contribution < -0.4 is 9.47 Å². The topological polar surface area (TPSA) is 55.1 Å². The van der Waals surface area contributed by atoms with Crippen LogP contribution in [0, 0.1) is 11.3 Å². The lowest BCUT2D eigenvalue weighted by atomic mass is 10.0. The van der Waals surface area contributed by atoms with Crippen LogP contribution in [0.3, 0.4) is 0 Å². The fraction of sp³-hybridized carbons (Fsp3) is 0.100. The van der Waals surface area contributed by atoms with Crippen molar-refractivity contribution in [2.75, 3.05) is 7.11 Å². The first kappa shape index (κ1) is 15.6. The van der Waals surface area contributed by atoms with Crippen molar-refractivity contribution in [2.24, 2.45) is 0 Å². The van der Waals surface area contributed by atoms with Gasteiger partial charge in [-0.05, 0) is 35.9 Å². The van der Waals surface area contributed by atoms with Crippen molar-refractivity contribution in [3.63, 3.8) is 0 Å². The van der Waals surface area contributed by atoms with Crippen molar-refractivity contribution < 1.29 is 9.47 Å². The molecule has 0 unspecified atom stereocenters. The van der Waals surface area contributed by atoms with E-state index in [0.717, 1.165) is 16.7 Å². The third-order valence-electron chi connectivity index (χ3n) is 3.60. The van der Waals surface area contributed by atoms with Crippen molar-refractivity contribution >= 4 is 0 Å². The van der Waals surface area contributed by atoms with Gasteiger partial charge in [-0.15, -0.1) is 0 Å².